The van der Waals surface area contributed by atoms with Crippen molar-refractivity contribution in [2.75, 3.05) is 19.8 Å². The van der Waals surface area contributed by atoms with Gasteiger partial charge in [0.15, 0.2) is 6.61 Å². The van der Waals surface area contributed by atoms with E-state index < -0.39 is 7.82 Å². The molecular formula is C23H44NO5P. The Kier molecular flexibility index (Phi) is 21.9. The van der Waals surface area contributed by atoms with Crippen LogP contribution in [0, 0.1) is 12.0 Å². The summed E-state index contributed by atoms with van der Waals surface area (Å²) in [6, 6.07) is 0. The molecule has 0 aliphatic heterocycles. The van der Waals surface area contributed by atoms with Crippen molar-refractivity contribution >= 4 is 7.82 Å². The molecule has 0 aliphatic carbocycles. The van der Waals surface area contributed by atoms with Crippen LogP contribution in [0.1, 0.15) is 103 Å². The SMILES string of the molecule is CCCCCCCCCCCCCCCC/C=C/OCC#COP(=O)(O)OCCN. The lowest BCUT2D eigenvalue weighted by molar-refractivity contribution is 0.198. The maximum atomic E-state index is 11.3. The van der Waals surface area contributed by atoms with Gasteiger partial charge in [-0.05, 0) is 24.8 Å². The Morgan fingerprint density at radius 2 is 1.43 bits per heavy atom. The predicted molar refractivity (Wildman–Crippen MR) is 124 cm³/mol. The second kappa shape index (κ2) is 22.7. The molecule has 0 aromatic carbocycles. The van der Waals surface area contributed by atoms with E-state index in [0.29, 0.717) is 0 Å². The Hall–Kier alpha value is -0.990. The van der Waals surface area contributed by atoms with Gasteiger partial charge in [0.1, 0.15) is 6.11 Å². The van der Waals surface area contributed by atoms with Crippen molar-refractivity contribution in [3.8, 4) is 12.0 Å². The Morgan fingerprint density at radius 3 is 1.97 bits per heavy atom. The second-order valence-electron chi connectivity index (χ2n) is 7.53. The van der Waals surface area contributed by atoms with Gasteiger partial charge in [-0.3, -0.25) is 9.42 Å². The van der Waals surface area contributed by atoms with E-state index in [4.69, 9.17) is 10.5 Å². The molecule has 0 rings (SSSR count). The average Bonchev–Trinajstić information content (AvgIpc) is 2.73. The molecule has 0 bridgehead atoms. The smallest absolute Gasteiger partial charge is 0.489 e. The minimum Gasteiger partial charge on any atom is -0.489 e. The summed E-state index contributed by atoms with van der Waals surface area (Å²) in [7, 11) is -4.13. The number of unbranched alkanes of at least 4 members (excludes halogenated alkanes) is 14. The monoisotopic (exact) mass is 445 g/mol. The largest absolute Gasteiger partial charge is 0.535 e. The molecule has 1 unspecified atom stereocenters. The fourth-order valence-electron chi connectivity index (χ4n) is 3.00. The number of phosphoric ester groups is 1. The minimum atomic E-state index is -4.13. The highest BCUT2D eigenvalue weighted by molar-refractivity contribution is 7.47. The van der Waals surface area contributed by atoms with Gasteiger partial charge in [-0.15, -0.1) is 0 Å². The molecule has 30 heavy (non-hydrogen) atoms. The van der Waals surface area contributed by atoms with Crippen LogP contribution < -0.4 is 5.73 Å². The zero-order chi connectivity index (χ0) is 22.2. The highest BCUT2D eigenvalue weighted by Crippen LogP contribution is 2.42. The van der Waals surface area contributed by atoms with Crippen LogP contribution in [0.5, 0.6) is 0 Å². The van der Waals surface area contributed by atoms with Gasteiger partial charge in [0.25, 0.3) is 0 Å². The molecule has 0 saturated heterocycles. The van der Waals surface area contributed by atoms with Crippen molar-refractivity contribution < 1.29 is 23.2 Å². The number of phosphoric acid groups is 1. The van der Waals surface area contributed by atoms with Gasteiger partial charge < -0.3 is 15.0 Å². The summed E-state index contributed by atoms with van der Waals surface area (Å²) in [5.41, 5.74) is 5.17. The van der Waals surface area contributed by atoms with E-state index in [1.165, 1.54) is 89.9 Å². The number of allylic oxidation sites excluding steroid dienone is 1. The maximum Gasteiger partial charge on any atom is 0.535 e. The average molecular weight is 446 g/mol. The van der Waals surface area contributed by atoms with E-state index in [0.717, 1.165) is 6.42 Å². The van der Waals surface area contributed by atoms with Crippen LogP contribution in [0.3, 0.4) is 0 Å². The third-order valence-electron chi connectivity index (χ3n) is 4.68. The lowest BCUT2D eigenvalue weighted by Gasteiger charge is -2.06. The minimum absolute atomic E-state index is 0.0616. The molecule has 176 valence electrons. The van der Waals surface area contributed by atoms with Gasteiger partial charge in [-0.2, -0.15) is 0 Å². The Bertz CT molecular complexity index is 502. The van der Waals surface area contributed by atoms with Crippen LogP contribution in [0.25, 0.3) is 0 Å². The Labute approximate surface area is 184 Å². The van der Waals surface area contributed by atoms with Crippen LogP contribution in [0.4, 0.5) is 0 Å². The lowest BCUT2D eigenvalue weighted by atomic mass is 10.0. The molecule has 3 N–H and O–H groups in total. The number of nitrogens with two attached hydrogens (primary N) is 1. The number of rotatable bonds is 21. The van der Waals surface area contributed by atoms with Crippen molar-refractivity contribution in [2.24, 2.45) is 5.73 Å². The first kappa shape index (κ1) is 29.0. The van der Waals surface area contributed by atoms with E-state index in [1.807, 2.05) is 6.08 Å². The molecular weight excluding hydrogens is 401 g/mol. The molecule has 1 atom stereocenters. The summed E-state index contributed by atoms with van der Waals surface area (Å²) >= 11 is 0. The van der Waals surface area contributed by atoms with Crippen LogP contribution >= 0.6 is 7.82 Å². The third kappa shape index (κ3) is 23.3. The van der Waals surface area contributed by atoms with Crippen molar-refractivity contribution in [3.63, 3.8) is 0 Å². The number of hydrogen-bond acceptors (Lipinski definition) is 5. The molecule has 0 amide bonds. The zero-order valence-electron chi connectivity index (χ0n) is 19.0. The van der Waals surface area contributed by atoms with Crippen LogP contribution in [-0.4, -0.2) is 24.7 Å². The summed E-state index contributed by atoms with van der Waals surface area (Å²) < 4.78 is 25.4. The van der Waals surface area contributed by atoms with E-state index in [1.54, 1.807) is 6.26 Å². The highest BCUT2D eigenvalue weighted by atomic mass is 31.2. The topological polar surface area (TPSA) is 91.0 Å². The molecule has 0 fully saturated rings. The van der Waals surface area contributed by atoms with Crippen LogP contribution in [0.15, 0.2) is 12.3 Å². The molecule has 0 heterocycles. The van der Waals surface area contributed by atoms with Crippen molar-refractivity contribution in [2.45, 2.75) is 103 Å². The van der Waals surface area contributed by atoms with Crippen LogP contribution in [-0.2, 0) is 18.3 Å². The predicted octanol–water partition coefficient (Wildman–Crippen LogP) is 6.44. The first-order chi connectivity index (χ1) is 14.6. The van der Waals surface area contributed by atoms with E-state index in [9.17, 15) is 9.46 Å². The van der Waals surface area contributed by atoms with E-state index in [2.05, 4.69) is 28.0 Å². The molecule has 0 spiro atoms. The first-order valence-corrected chi connectivity index (χ1v) is 13.2. The Morgan fingerprint density at radius 1 is 0.900 bits per heavy atom. The van der Waals surface area contributed by atoms with Gasteiger partial charge in [-0.1, -0.05) is 90.4 Å². The highest BCUT2D eigenvalue weighted by Gasteiger charge is 2.20. The molecule has 7 heteroatoms. The summed E-state index contributed by atoms with van der Waals surface area (Å²) in [6.07, 6.45) is 25.7. The lowest BCUT2D eigenvalue weighted by Crippen LogP contribution is -2.07. The van der Waals surface area contributed by atoms with Crippen molar-refractivity contribution in [1.29, 1.82) is 0 Å². The molecule has 0 aromatic heterocycles. The van der Waals surface area contributed by atoms with Gasteiger partial charge in [0.2, 0.25) is 0 Å². The molecule has 0 radical (unpaired) electrons. The van der Waals surface area contributed by atoms with Gasteiger partial charge in [0.05, 0.1) is 12.9 Å². The van der Waals surface area contributed by atoms with Crippen molar-refractivity contribution in [3.05, 3.63) is 12.3 Å². The second-order valence-corrected chi connectivity index (χ2v) is 8.91. The molecule has 0 saturated carbocycles. The van der Waals surface area contributed by atoms with Gasteiger partial charge >= 0.3 is 7.82 Å². The summed E-state index contributed by atoms with van der Waals surface area (Å²) in [5, 5.41) is 0. The van der Waals surface area contributed by atoms with E-state index >= 15 is 0 Å². The summed E-state index contributed by atoms with van der Waals surface area (Å²) in [5.74, 6) is 2.48. The van der Waals surface area contributed by atoms with Crippen molar-refractivity contribution in [1.82, 2.24) is 0 Å². The fraction of sp³-hybridized carbons (Fsp3) is 0.826. The third-order valence-corrected chi connectivity index (χ3v) is 5.51. The maximum absolute atomic E-state index is 11.3. The fourth-order valence-corrected chi connectivity index (χ4v) is 3.57. The summed E-state index contributed by atoms with van der Waals surface area (Å²) in [4.78, 5) is 9.20. The first-order valence-electron chi connectivity index (χ1n) is 11.7. The quantitative estimate of drug-likeness (QED) is 0.0914. The standard InChI is InChI=1S/C23H44NO5P/c1-2-3-4-5-6-7-8-9-10-11-12-13-14-15-16-17-20-27-21-18-22-28-30(25,26)29-23-19-24/h17,20H,2-16,19,21,23-24H2,1H3,(H,25,26)/b20-17+. The zero-order valence-corrected chi connectivity index (χ0v) is 19.9. The van der Waals surface area contributed by atoms with Gasteiger partial charge in [0, 0.05) is 6.54 Å². The molecule has 0 aromatic rings. The number of hydrogen-bond donors (Lipinski definition) is 2. The molecule has 0 aliphatic rings. The molecule has 6 nitrogen and oxygen atoms in total. The number of ether oxygens (including phenoxy) is 1. The van der Waals surface area contributed by atoms with Gasteiger partial charge in [-0.25, -0.2) is 4.57 Å². The Balaban J connectivity index is 3.31. The van der Waals surface area contributed by atoms with Crippen LogP contribution in [0.2, 0.25) is 0 Å². The van der Waals surface area contributed by atoms with E-state index in [-0.39, 0.29) is 19.8 Å². The summed E-state index contributed by atoms with van der Waals surface area (Å²) in [6.45, 7) is 2.43. The normalized spacial score (nSPS) is 13.0.